The number of carbonyl (C=O) groups is 2. The van der Waals surface area contributed by atoms with Crippen LogP contribution in [-0.4, -0.2) is 50.5 Å². The molecule has 0 radical (unpaired) electrons. The number of carbonyl (C=O) groups excluding carboxylic acids is 2. The van der Waals surface area contributed by atoms with E-state index in [-0.39, 0.29) is 28.2 Å². The highest BCUT2D eigenvalue weighted by Crippen LogP contribution is 2.29. The molecule has 0 aliphatic heterocycles. The highest BCUT2D eigenvalue weighted by molar-refractivity contribution is 7.92. The summed E-state index contributed by atoms with van der Waals surface area (Å²) in [5.74, 6) is -0.984. The van der Waals surface area contributed by atoms with E-state index < -0.39 is 28.5 Å². The molecular formula is C21H23Cl4N3O4S. The van der Waals surface area contributed by atoms with Gasteiger partial charge in [-0.1, -0.05) is 52.5 Å². The van der Waals surface area contributed by atoms with E-state index in [1.165, 1.54) is 23.1 Å². The summed E-state index contributed by atoms with van der Waals surface area (Å²) in [6.07, 6.45) is 0.972. The fourth-order valence-corrected chi connectivity index (χ4v) is 4.45. The number of nitrogens with zero attached hydrogens (tertiary/aromatic N) is 2. The lowest BCUT2D eigenvalue weighted by Crippen LogP contribution is -2.51. The molecule has 12 heteroatoms. The third-order valence-corrected chi connectivity index (χ3v) is 7.34. The van der Waals surface area contributed by atoms with Crippen LogP contribution >= 0.6 is 46.4 Å². The van der Waals surface area contributed by atoms with Gasteiger partial charge < -0.3 is 10.2 Å². The summed E-state index contributed by atoms with van der Waals surface area (Å²) in [6.45, 7) is 3.14. The zero-order valence-corrected chi connectivity index (χ0v) is 22.0. The molecule has 2 aromatic rings. The average Bonchev–Trinajstić information content (AvgIpc) is 2.73. The first-order chi connectivity index (χ1) is 15.3. The van der Waals surface area contributed by atoms with E-state index in [0.717, 1.165) is 10.6 Å². The SMILES string of the molecule is CCNC(=O)[C@H](C)N(Cc1ccc(Cl)c(Cl)c1)C(=O)CN(c1ccc(Cl)c(Cl)c1)S(C)(=O)=O. The Kier molecular flexibility index (Phi) is 9.70. The minimum absolute atomic E-state index is 0.00694. The molecular weight excluding hydrogens is 532 g/mol. The Balaban J connectivity index is 2.42. The van der Waals surface area contributed by atoms with Crippen LogP contribution in [0.5, 0.6) is 0 Å². The average molecular weight is 555 g/mol. The number of halogens is 4. The summed E-state index contributed by atoms with van der Waals surface area (Å²) in [4.78, 5) is 27.2. The van der Waals surface area contributed by atoms with Gasteiger partial charge in [0, 0.05) is 13.1 Å². The van der Waals surface area contributed by atoms with Gasteiger partial charge in [-0.15, -0.1) is 0 Å². The lowest BCUT2D eigenvalue weighted by atomic mass is 10.1. The summed E-state index contributed by atoms with van der Waals surface area (Å²) < 4.78 is 25.9. The number of nitrogens with one attached hydrogen (secondary N) is 1. The number of hydrogen-bond acceptors (Lipinski definition) is 4. The first-order valence-electron chi connectivity index (χ1n) is 9.79. The van der Waals surface area contributed by atoms with Crippen molar-refractivity contribution < 1.29 is 18.0 Å². The number of amides is 2. The fourth-order valence-electron chi connectivity index (χ4n) is 2.99. The number of hydrogen-bond donors (Lipinski definition) is 1. The molecule has 1 atom stereocenters. The van der Waals surface area contributed by atoms with Gasteiger partial charge >= 0.3 is 0 Å². The standard InChI is InChI=1S/C21H23Cl4N3O4S/c1-4-26-21(30)13(2)27(11-14-5-7-16(22)18(24)9-14)20(29)12-28(33(3,31)32)15-6-8-17(23)19(25)10-15/h5-10,13H,4,11-12H2,1-3H3,(H,26,30)/t13-/m0/s1. The number of likely N-dealkylation sites (N-methyl/N-ethyl adjacent to an activating group) is 1. The summed E-state index contributed by atoms with van der Waals surface area (Å²) in [5, 5.41) is 3.69. The van der Waals surface area contributed by atoms with Gasteiger partial charge in [0.1, 0.15) is 12.6 Å². The van der Waals surface area contributed by atoms with E-state index in [2.05, 4.69) is 5.32 Å². The monoisotopic (exact) mass is 553 g/mol. The van der Waals surface area contributed by atoms with Gasteiger partial charge in [0.05, 0.1) is 32.0 Å². The normalized spacial score (nSPS) is 12.2. The molecule has 33 heavy (non-hydrogen) atoms. The van der Waals surface area contributed by atoms with Gasteiger partial charge in [0.2, 0.25) is 21.8 Å². The summed E-state index contributed by atoms with van der Waals surface area (Å²) in [5.41, 5.74) is 0.787. The minimum Gasteiger partial charge on any atom is -0.355 e. The highest BCUT2D eigenvalue weighted by Gasteiger charge is 2.30. The molecule has 0 aromatic heterocycles. The van der Waals surface area contributed by atoms with Crippen molar-refractivity contribution in [2.45, 2.75) is 26.4 Å². The van der Waals surface area contributed by atoms with Crippen molar-refractivity contribution in [3.63, 3.8) is 0 Å². The number of sulfonamides is 1. The molecule has 0 fully saturated rings. The van der Waals surface area contributed by atoms with Crippen LogP contribution in [0.4, 0.5) is 5.69 Å². The van der Waals surface area contributed by atoms with Gasteiger partial charge in [-0.2, -0.15) is 0 Å². The highest BCUT2D eigenvalue weighted by atomic mass is 35.5. The third kappa shape index (κ3) is 7.39. The van der Waals surface area contributed by atoms with E-state index in [0.29, 0.717) is 22.2 Å². The number of anilines is 1. The zero-order chi connectivity index (χ0) is 24.9. The molecule has 1 N–H and O–H groups in total. The van der Waals surface area contributed by atoms with Crippen LogP contribution in [0.15, 0.2) is 36.4 Å². The van der Waals surface area contributed by atoms with Gasteiger partial charge in [-0.25, -0.2) is 8.42 Å². The Hall–Kier alpha value is -1.71. The molecule has 0 unspecified atom stereocenters. The van der Waals surface area contributed by atoms with Crippen molar-refractivity contribution in [1.29, 1.82) is 0 Å². The molecule has 2 aromatic carbocycles. The molecule has 0 heterocycles. The maximum absolute atomic E-state index is 13.4. The fraction of sp³-hybridized carbons (Fsp3) is 0.333. The molecule has 0 bridgehead atoms. The van der Waals surface area contributed by atoms with Crippen LogP contribution in [-0.2, 0) is 26.2 Å². The predicted molar refractivity (Wildman–Crippen MR) is 134 cm³/mol. The van der Waals surface area contributed by atoms with Gasteiger partial charge in [-0.05, 0) is 49.7 Å². The first-order valence-corrected chi connectivity index (χ1v) is 13.1. The summed E-state index contributed by atoms with van der Waals surface area (Å²) >= 11 is 24.0. The van der Waals surface area contributed by atoms with E-state index in [4.69, 9.17) is 46.4 Å². The third-order valence-electron chi connectivity index (χ3n) is 4.73. The second-order valence-electron chi connectivity index (χ2n) is 7.21. The van der Waals surface area contributed by atoms with E-state index in [1.807, 2.05) is 0 Å². The van der Waals surface area contributed by atoms with Crippen molar-refractivity contribution in [3.8, 4) is 0 Å². The number of benzene rings is 2. The maximum Gasteiger partial charge on any atom is 0.244 e. The van der Waals surface area contributed by atoms with Gasteiger partial charge in [0.15, 0.2) is 0 Å². The molecule has 180 valence electrons. The van der Waals surface area contributed by atoms with Crippen molar-refractivity contribution in [2.75, 3.05) is 23.7 Å². The Morgan fingerprint density at radius 2 is 1.55 bits per heavy atom. The van der Waals surface area contributed by atoms with Crippen molar-refractivity contribution >= 4 is 73.9 Å². The van der Waals surface area contributed by atoms with E-state index in [9.17, 15) is 18.0 Å². The quantitative estimate of drug-likeness (QED) is 0.490. The maximum atomic E-state index is 13.4. The first kappa shape index (κ1) is 27.5. The zero-order valence-electron chi connectivity index (χ0n) is 18.1. The van der Waals surface area contributed by atoms with Gasteiger partial charge in [0.25, 0.3) is 0 Å². The van der Waals surface area contributed by atoms with Crippen LogP contribution in [0.3, 0.4) is 0 Å². The summed E-state index contributed by atoms with van der Waals surface area (Å²) in [7, 11) is -3.87. The Bertz CT molecular complexity index is 1140. The van der Waals surface area contributed by atoms with Crippen LogP contribution in [0.2, 0.25) is 20.1 Å². The lowest BCUT2D eigenvalue weighted by molar-refractivity contribution is -0.139. The largest absolute Gasteiger partial charge is 0.355 e. The smallest absolute Gasteiger partial charge is 0.244 e. The molecule has 2 rings (SSSR count). The van der Waals surface area contributed by atoms with E-state index in [1.54, 1.807) is 32.0 Å². The van der Waals surface area contributed by atoms with Crippen molar-refractivity contribution in [2.24, 2.45) is 0 Å². The number of rotatable bonds is 9. The Labute approximate surface area is 213 Å². The Morgan fingerprint density at radius 3 is 2.06 bits per heavy atom. The van der Waals surface area contributed by atoms with Crippen LogP contribution in [0, 0.1) is 0 Å². The molecule has 0 aliphatic rings. The second-order valence-corrected chi connectivity index (χ2v) is 10.7. The topological polar surface area (TPSA) is 86.8 Å². The molecule has 0 saturated heterocycles. The van der Waals surface area contributed by atoms with Crippen LogP contribution in [0.25, 0.3) is 0 Å². The molecule has 2 amide bonds. The second kappa shape index (κ2) is 11.6. The van der Waals surface area contributed by atoms with Crippen molar-refractivity contribution in [3.05, 3.63) is 62.1 Å². The van der Waals surface area contributed by atoms with Crippen molar-refractivity contribution in [1.82, 2.24) is 10.2 Å². The molecule has 0 spiro atoms. The molecule has 0 aliphatic carbocycles. The predicted octanol–water partition coefficient (Wildman–Crippen LogP) is 4.62. The van der Waals surface area contributed by atoms with Crippen LogP contribution in [0.1, 0.15) is 19.4 Å². The van der Waals surface area contributed by atoms with Gasteiger partial charge in [-0.3, -0.25) is 13.9 Å². The Morgan fingerprint density at radius 1 is 0.970 bits per heavy atom. The molecule has 0 saturated carbocycles. The summed E-state index contributed by atoms with van der Waals surface area (Å²) in [6, 6.07) is 8.19. The van der Waals surface area contributed by atoms with Crippen LogP contribution < -0.4 is 9.62 Å². The molecule has 7 nitrogen and oxygen atoms in total. The van der Waals surface area contributed by atoms with E-state index >= 15 is 0 Å². The lowest BCUT2D eigenvalue weighted by Gasteiger charge is -2.31. The minimum atomic E-state index is -3.87.